The molecule has 2 amide bonds. The number of aliphatic carboxylic acids is 1. The molecule has 1 rings (SSSR count). The molecule has 21 heavy (non-hydrogen) atoms. The number of amides is 2. The van der Waals surface area contributed by atoms with E-state index in [1.165, 1.54) is 17.9 Å². The third-order valence-corrected chi connectivity index (χ3v) is 3.17. The van der Waals surface area contributed by atoms with E-state index in [1.54, 1.807) is 13.8 Å². The van der Waals surface area contributed by atoms with Gasteiger partial charge in [-0.25, -0.2) is 9.59 Å². The van der Waals surface area contributed by atoms with E-state index in [4.69, 9.17) is 5.11 Å². The van der Waals surface area contributed by atoms with Gasteiger partial charge in [0.2, 0.25) is 0 Å². The number of rotatable bonds is 3. The molecule has 0 saturated carbocycles. The summed E-state index contributed by atoms with van der Waals surface area (Å²) in [5.41, 5.74) is 0. The molecule has 1 saturated heterocycles. The van der Waals surface area contributed by atoms with Gasteiger partial charge >= 0.3 is 18.2 Å². The van der Waals surface area contributed by atoms with Gasteiger partial charge in [-0.05, 0) is 5.92 Å². The van der Waals surface area contributed by atoms with Gasteiger partial charge in [0.1, 0.15) is 6.04 Å². The standard InChI is InChI=1S/C13H17F3N2O3/c1-8(2)10(11(19)20)17(3)12(21)18-6-9(7-18)4-5-13(14,15)16/h8-10H,6-7H2,1-3H3,(H,19,20). The van der Waals surface area contributed by atoms with Crippen molar-refractivity contribution < 1.29 is 27.9 Å². The van der Waals surface area contributed by atoms with Crippen molar-refractivity contribution in [3.63, 3.8) is 0 Å². The van der Waals surface area contributed by atoms with Crippen LogP contribution in [-0.4, -0.2) is 59.3 Å². The number of alkyl halides is 3. The highest BCUT2D eigenvalue weighted by Gasteiger charge is 2.37. The summed E-state index contributed by atoms with van der Waals surface area (Å²) in [7, 11) is 1.37. The number of likely N-dealkylation sites (tertiary alicyclic amines) is 1. The number of carbonyl (C=O) groups excluding carboxylic acids is 1. The first-order valence-corrected chi connectivity index (χ1v) is 6.37. The van der Waals surface area contributed by atoms with Crippen molar-refractivity contribution in [3.05, 3.63) is 0 Å². The SMILES string of the molecule is CC(C)C(C(=O)O)N(C)C(=O)N1CC(C#CC(F)(F)F)C1. The van der Waals surface area contributed by atoms with E-state index in [0.29, 0.717) is 0 Å². The van der Waals surface area contributed by atoms with Crippen LogP contribution >= 0.6 is 0 Å². The maximum atomic E-state index is 12.0. The molecule has 1 N–H and O–H groups in total. The maximum Gasteiger partial charge on any atom is 0.457 e. The Morgan fingerprint density at radius 3 is 2.24 bits per heavy atom. The summed E-state index contributed by atoms with van der Waals surface area (Å²) in [6.07, 6.45) is -4.53. The first-order valence-electron chi connectivity index (χ1n) is 6.37. The second-order valence-electron chi connectivity index (χ2n) is 5.29. The summed E-state index contributed by atoms with van der Waals surface area (Å²) in [5.74, 6) is 1.31. The summed E-state index contributed by atoms with van der Waals surface area (Å²) in [5, 5.41) is 9.10. The second-order valence-corrected chi connectivity index (χ2v) is 5.29. The topological polar surface area (TPSA) is 60.9 Å². The molecule has 1 aliphatic rings. The van der Waals surface area contributed by atoms with Crippen LogP contribution in [0.5, 0.6) is 0 Å². The molecule has 1 atom stereocenters. The number of nitrogens with zero attached hydrogens (tertiary/aromatic N) is 2. The van der Waals surface area contributed by atoms with Crippen LogP contribution in [0.15, 0.2) is 0 Å². The third kappa shape index (κ3) is 4.55. The van der Waals surface area contributed by atoms with Crippen molar-refractivity contribution in [2.75, 3.05) is 20.1 Å². The van der Waals surface area contributed by atoms with Crippen LogP contribution < -0.4 is 0 Å². The monoisotopic (exact) mass is 306 g/mol. The molecule has 1 heterocycles. The molecule has 118 valence electrons. The van der Waals surface area contributed by atoms with Crippen molar-refractivity contribution in [1.29, 1.82) is 0 Å². The molecule has 0 aliphatic carbocycles. The Labute approximate surface area is 120 Å². The zero-order valence-electron chi connectivity index (χ0n) is 11.9. The van der Waals surface area contributed by atoms with E-state index in [0.717, 1.165) is 4.90 Å². The fourth-order valence-electron chi connectivity index (χ4n) is 2.15. The van der Waals surface area contributed by atoms with Gasteiger partial charge in [0.05, 0.1) is 5.92 Å². The van der Waals surface area contributed by atoms with E-state index in [2.05, 4.69) is 5.92 Å². The highest BCUT2D eigenvalue weighted by molar-refractivity contribution is 5.83. The van der Waals surface area contributed by atoms with Crippen molar-refractivity contribution in [3.8, 4) is 11.8 Å². The largest absolute Gasteiger partial charge is 0.480 e. The second kappa shape index (κ2) is 6.24. The average molecular weight is 306 g/mol. The maximum absolute atomic E-state index is 12.0. The lowest BCUT2D eigenvalue weighted by atomic mass is 10.0. The average Bonchev–Trinajstić information content (AvgIpc) is 2.23. The fraction of sp³-hybridized carbons (Fsp3) is 0.692. The lowest BCUT2D eigenvalue weighted by molar-refractivity contribution is -0.143. The molecular weight excluding hydrogens is 289 g/mol. The predicted octanol–water partition coefficient (Wildman–Crippen LogP) is 1.64. The molecular formula is C13H17F3N2O3. The van der Waals surface area contributed by atoms with Gasteiger partial charge in [0.25, 0.3) is 0 Å². The van der Waals surface area contributed by atoms with Crippen molar-refractivity contribution in [1.82, 2.24) is 9.80 Å². The minimum Gasteiger partial charge on any atom is -0.480 e. The molecule has 0 aromatic carbocycles. The number of halogens is 3. The highest BCUT2D eigenvalue weighted by atomic mass is 19.4. The van der Waals surface area contributed by atoms with Crippen LogP contribution in [0.1, 0.15) is 13.8 Å². The quantitative estimate of drug-likeness (QED) is 0.807. The Morgan fingerprint density at radius 1 is 1.33 bits per heavy atom. The van der Waals surface area contributed by atoms with Gasteiger partial charge in [-0.3, -0.25) is 0 Å². The van der Waals surface area contributed by atoms with Gasteiger partial charge in [-0.2, -0.15) is 13.2 Å². The van der Waals surface area contributed by atoms with Crippen LogP contribution in [0.2, 0.25) is 0 Å². The number of likely N-dealkylation sites (N-methyl/N-ethyl adjacent to an activating group) is 1. The molecule has 5 nitrogen and oxygen atoms in total. The molecule has 0 spiro atoms. The molecule has 0 aromatic rings. The van der Waals surface area contributed by atoms with Crippen LogP contribution in [0.3, 0.4) is 0 Å². The Kier molecular flexibility index (Phi) is 5.10. The van der Waals surface area contributed by atoms with Crippen molar-refractivity contribution >= 4 is 12.0 Å². The summed E-state index contributed by atoms with van der Waals surface area (Å²) in [6, 6.07) is -1.49. The van der Waals surface area contributed by atoms with E-state index in [9.17, 15) is 22.8 Å². The van der Waals surface area contributed by atoms with Gasteiger partial charge in [-0.15, -0.1) is 0 Å². The molecule has 1 unspecified atom stereocenters. The molecule has 0 aromatic heterocycles. The zero-order chi connectivity index (χ0) is 16.4. The fourth-order valence-corrected chi connectivity index (χ4v) is 2.15. The third-order valence-electron chi connectivity index (χ3n) is 3.17. The Bertz CT molecular complexity index is 473. The van der Waals surface area contributed by atoms with Crippen molar-refractivity contribution in [2.24, 2.45) is 11.8 Å². The number of carbonyl (C=O) groups is 2. The van der Waals surface area contributed by atoms with Gasteiger partial charge < -0.3 is 14.9 Å². The van der Waals surface area contributed by atoms with Crippen LogP contribution in [0.4, 0.5) is 18.0 Å². The normalized spacial score (nSPS) is 16.8. The summed E-state index contributed by atoms with van der Waals surface area (Å²) >= 11 is 0. The van der Waals surface area contributed by atoms with Gasteiger partial charge in [-0.1, -0.05) is 19.8 Å². The van der Waals surface area contributed by atoms with E-state index < -0.39 is 30.1 Å². The lowest BCUT2D eigenvalue weighted by Gasteiger charge is -2.40. The summed E-state index contributed by atoms with van der Waals surface area (Å²) < 4.78 is 35.7. The van der Waals surface area contributed by atoms with E-state index >= 15 is 0 Å². The molecule has 8 heteroatoms. The zero-order valence-corrected chi connectivity index (χ0v) is 11.9. The smallest absolute Gasteiger partial charge is 0.457 e. The minimum atomic E-state index is -4.53. The highest BCUT2D eigenvalue weighted by Crippen LogP contribution is 2.20. The minimum absolute atomic E-state index is 0.0800. The molecule has 1 aliphatic heterocycles. The Morgan fingerprint density at radius 2 is 1.86 bits per heavy atom. The lowest BCUT2D eigenvalue weighted by Crippen LogP contribution is -2.57. The van der Waals surface area contributed by atoms with E-state index in [-0.39, 0.29) is 19.0 Å². The van der Waals surface area contributed by atoms with Crippen LogP contribution in [-0.2, 0) is 4.79 Å². The predicted molar refractivity (Wildman–Crippen MR) is 68.3 cm³/mol. The molecule has 1 fully saturated rings. The number of hydrogen-bond acceptors (Lipinski definition) is 2. The van der Waals surface area contributed by atoms with Crippen LogP contribution in [0, 0.1) is 23.7 Å². The first kappa shape index (κ1) is 17.1. The summed E-state index contributed by atoms with van der Waals surface area (Å²) in [6.45, 7) is 3.51. The summed E-state index contributed by atoms with van der Waals surface area (Å²) in [4.78, 5) is 25.6. The van der Waals surface area contributed by atoms with Gasteiger partial charge in [0, 0.05) is 26.1 Å². The number of urea groups is 1. The molecule has 0 bridgehead atoms. The molecule has 0 radical (unpaired) electrons. The van der Waals surface area contributed by atoms with Crippen LogP contribution in [0.25, 0.3) is 0 Å². The Balaban J connectivity index is 2.59. The number of carboxylic acids is 1. The Hall–Kier alpha value is -1.91. The number of carboxylic acid groups (broad SMARTS) is 1. The van der Waals surface area contributed by atoms with E-state index in [1.807, 2.05) is 0 Å². The van der Waals surface area contributed by atoms with Gasteiger partial charge in [0.15, 0.2) is 0 Å². The van der Waals surface area contributed by atoms with Crippen molar-refractivity contribution in [2.45, 2.75) is 26.1 Å². The first-order chi connectivity index (χ1) is 9.53. The number of hydrogen-bond donors (Lipinski definition) is 1.